The predicted molar refractivity (Wildman–Crippen MR) is 122 cm³/mol. The maximum Gasteiger partial charge on any atom is 0.225 e. The van der Waals surface area contributed by atoms with Gasteiger partial charge in [0.05, 0.1) is 4.88 Å². The van der Waals surface area contributed by atoms with E-state index in [1.165, 1.54) is 11.3 Å². The number of pyridine rings is 1. The molecule has 0 aliphatic carbocycles. The van der Waals surface area contributed by atoms with E-state index in [0.29, 0.717) is 29.6 Å². The maximum absolute atomic E-state index is 13.2. The molecule has 0 spiro atoms. The Bertz CT molecular complexity index is 1310. The summed E-state index contributed by atoms with van der Waals surface area (Å²) in [5.74, 6) is 0.327. The highest BCUT2D eigenvalue weighted by molar-refractivity contribution is 7.12. The number of ketones is 1. The second kappa shape index (κ2) is 8.49. The van der Waals surface area contributed by atoms with Crippen molar-refractivity contribution in [3.63, 3.8) is 0 Å². The molecule has 0 atom stereocenters. The lowest BCUT2D eigenvalue weighted by molar-refractivity contribution is 0.103. The normalized spacial score (nSPS) is 11.0. The summed E-state index contributed by atoms with van der Waals surface area (Å²) in [7, 11) is 0. The number of hydrogen-bond acceptors (Lipinski definition) is 6. The molecule has 0 saturated carbocycles. The molecule has 0 radical (unpaired) electrons. The lowest BCUT2D eigenvalue weighted by Crippen LogP contribution is -2.11. The molecule has 1 aromatic carbocycles. The van der Waals surface area contributed by atoms with Crippen molar-refractivity contribution in [3.8, 4) is 0 Å². The largest absolute Gasteiger partial charge is 0.350 e. The molecule has 0 bridgehead atoms. The van der Waals surface area contributed by atoms with Crippen LogP contribution in [0.4, 0.5) is 5.95 Å². The molecular formula is C24H19N5OS. The molecule has 5 aromatic rings. The Morgan fingerprint density at radius 2 is 1.84 bits per heavy atom. The van der Waals surface area contributed by atoms with Crippen LogP contribution in [0.25, 0.3) is 11.0 Å². The molecule has 5 rings (SSSR count). The summed E-state index contributed by atoms with van der Waals surface area (Å²) in [6.45, 7) is 1.18. The Morgan fingerprint density at radius 1 is 0.968 bits per heavy atom. The molecule has 31 heavy (non-hydrogen) atoms. The molecule has 4 aromatic heterocycles. The van der Waals surface area contributed by atoms with E-state index in [4.69, 9.17) is 4.98 Å². The highest BCUT2D eigenvalue weighted by Crippen LogP contribution is 2.24. The van der Waals surface area contributed by atoms with Gasteiger partial charge in [-0.3, -0.25) is 9.78 Å². The van der Waals surface area contributed by atoms with Gasteiger partial charge in [0.1, 0.15) is 11.3 Å². The minimum Gasteiger partial charge on any atom is -0.350 e. The Morgan fingerprint density at radius 3 is 2.61 bits per heavy atom. The van der Waals surface area contributed by atoms with Gasteiger partial charge in [-0.1, -0.05) is 42.5 Å². The van der Waals surface area contributed by atoms with Gasteiger partial charge in [0.15, 0.2) is 0 Å². The Balaban J connectivity index is 1.55. The fourth-order valence-corrected chi connectivity index (χ4v) is 4.10. The number of nitrogens with one attached hydrogen (secondary N) is 1. The smallest absolute Gasteiger partial charge is 0.225 e. The molecule has 0 fully saturated rings. The topological polar surface area (TPSA) is 72.7 Å². The average Bonchev–Trinajstić information content (AvgIpc) is 3.49. The van der Waals surface area contributed by atoms with Gasteiger partial charge in [0.2, 0.25) is 11.7 Å². The molecule has 0 unspecified atom stereocenters. The van der Waals surface area contributed by atoms with E-state index >= 15 is 0 Å². The number of thiophene rings is 1. The van der Waals surface area contributed by atoms with E-state index in [2.05, 4.69) is 27.4 Å². The molecule has 0 saturated heterocycles. The minimum absolute atomic E-state index is 0.0933. The monoisotopic (exact) mass is 425 g/mol. The zero-order chi connectivity index (χ0) is 21.0. The fraction of sp³-hybridized carbons (Fsp3) is 0.0833. The van der Waals surface area contributed by atoms with Gasteiger partial charge in [0.25, 0.3) is 0 Å². The molecule has 1 N–H and O–H groups in total. The number of rotatable bonds is 7. The van der Waals surface area contributed by atoms with Crippen LogP contribution >= 0.6 is 11.3 Å². The number of benzene rings is 1. The Hall–Kier alpha value is -3.84. The van der Waals surface area contributed by atoms with E-state index in [-0.39, 0.29) is 5.78 Å². The van der Waals surface area contributed by atoms with Crippen LogP contribution in [-0.2, 0) is 13.1 Å². The summed E-state index contributed by atoms with van der Waals surface area (Å²) < 4.78 is 2.05. The molecular weight excluding hydrogens is 406 g/mol. The molecule has 6 nitrogen and oxygen atoms in total. The van der Waals surface area contributed by atoms with Crippen LogP contribution < -0.4 is 5.32 Å². The summed E-state index contributed by atoms with van der Waals surface area (Å²) in [5.41, 5.74) is 3.31. The highest BCUT2D eigenvalue weighted by atomic mass is 32.1. The summed E-state index contributed by atoms with van der Waals surface area (Å²) in [6, 6.07) is 19.7. The SMILES string of the molecule is O=C(c1cccs1)c1nc(NCc2cccnc2)nc2c1ccn2Cc1ccccc1. The molecule has 152 valence electrons. The van der Waals surface area contributed by atoms with Crippen molar-refractivity contribution in [2.45, 2.75) is 13.1 Å². The number of anilines is 1. The van der Waals surface area contributed by atoms with Gasteiger partial charge < -0.3 is 9.88 Å². The van der Waals surface area contributed by atoms with E-state index in [1.54, 1.807) is 12.4 Å². The Kier molecular flexibility index (Phi) is 5.24. The third kappa shape index (κ3) is 4.08. The summed E-state index contributed by atoms with van der Waals surface area (Å²) in [4.78, 5) is 27.3. The zero-order valence-electron chi connectivity index (χ0n) is 16.6. The quantitative estimate of drug-likeness (QED) is 0.380. The zero-order valence-corrected chi connectivity index (χ0v) is 17.4. The minimum atomic E-state index is -0.0933. The average molecular weight is 426 g/mol. The lowest BCUT2D eigenvalue weighted by Gasteiger charge is -2.10. The van der Waals surface area contributed by atoms with E-state index in [1.807, 2.05) is 64.7 Å². The number of carbonyl (C=O) groups excluding carboxylic acids is 1. The van der Waals surface area contributed by atoms with Crippen molar-refractivity contribution in [1.29, 1.82) is 0 Å². The van der Waals surface area contributed by atoms with Crippen LogP contribution in [0, 0.1) is 0 Å². The van der Waals surface area contributed by atoms with Crippen LogP contribution in [0.1, 0.15) is 26.5 Å². The maximum atomic E-state index is 13.2. The molecule has 0 aliphatic heterocycles. The van der Waals surface area contributed by atoms with Crippen molar-refractivity contribution in [3.05, 3.63) is 106 Å². The van der Waals surface area contributed by atoms with Gasteiger partial charge in [-0.25, -0.2) is 4.98 Å². The van der Waals surface area contributed by atoms with Crippen LogP contribution in [0.3, 0.4) is 0 Å². The Labute approximate surface area is 183 Å². The lowest BCUT2D eigenvalue weighted by atomic mass is 10.2. The highest BCUT2D eigenvalue weighted by Gasteiger charge is 2.20. The number of hydrogen-bond donors (Lipinski definition) is 1. The second-order valence-corrected chi connectivity index (χ2v) is 8.03. The third-order valence-corrected chi connectivity index (χ3v) is 5.82. The fourth-order valence-electron chi connectivity index (χ4n) is 3.43. The number of fused-ring (bicyclic) bond motifs is 1. The number of aromatic nitrogens is 4. The standard InChI is InChI=1S/C24H19N5OS/c30-22(20-9-5-13-31-20)21-19-10-12-29(16-17-6-2-1-3-7-17)23(19)28-24(27-21)26-15-18-8-4-11-25-14-18/h1-14H,15-16H2,(H,26,27,28). The predicted octanol–water partition coefficient (Wildman–Crippen LogP) is 4.78. The van der Waals surface area contributed by atoms with Gasteiger partial charge >= 0.3 is 0 Å². The van der Waals surface area contributed by atoms with Crippen LogP contribution in [0.2, 0.25) is 0 Å². The van der Waals surface area contributed by atoms with E-state index < -0.39 is 0 Å². The first-order valence-electron chi connectivity index (χ1n) is 9.90. The summed E-state index contributed by atoms with van der Waals surface area (Å²) in [5, 5.41) is 5.90. The molecule has 0 aliphatic rings. The summed E-state index contributed by atoms with van der Waals surface area (Å²) in [6.07, 6.45) is 5.49. The van der Waals surface area contributed by atoms with Gasteiger partial charge in [0, 0.05) is 37.1 Å². The van der Waals surface area contributed by atoms with E-state index in [9.17, 15) is 4.79 Å². The first kappa shape index (κ1) is 19.1. The van der Waals surface area contributed by atoms with Crippen molar-refractivity contribution in [2.24, 2.45) is 0 Å². The van der Waals surface area contributed by atoms with Crippen molar-refractivity contribution in [1.82, 2.24) is 19.5 Å². The van der Waals surface area contributed by atoms with Crippen LogP contribution in [0.5, 0.6) is 0 Å². The summed E-state index contributed by atoms with van der Waals surface area (Å²) >= 11 is 1.41. The number of carbonyl (C=O) groups is 1. The van der Waals surface area contributed by atoms with E-state index in [0.717, 1.165) is 22.2 Å². The second-order valence-electron chi connectivity index (χ2n) is 7.08. The number of nitrogens with zero attached hydrogens (tertiary/aromatic N) is 4. The van der Waals surface area contributed by atoms with Crippen LogP contribution in [0.15, 0.2) is 84.6 Å². The van der Waals surface area contributed by atoms with Crippen molar-refractivity contribution >= 4 is 34.1 Å². The van der Waals surface area contributed by atoms with Crippen molar-refractivity contribution in [2.75, 3.05) is 5.32 Å². The molecule has 7 heteroatoms. The molecule has 0 amide bonds. The first-order valence-corrected chi connectivity index (χ1v) is 10.8. The first-order chi connectivity index (χ1) is 15.3. The van der Waals surface area contributed by atoms with Crippen molar-refractivity contribution < 1.29 is 4.79 Å². The third-order valence-electron chi connectivity index (χ3n) is 4.95. The van der Waals surface area contributed by atoms with Gasteiger partial charge in [-0.2, -0.15) is 4.98 Å². The van der Waals surface area contributed by atoms with Gasteiger partial charge in [-0.15, -0.1) is 11.3 Å². The van der Waals surface area contributed by atoms with Crippen LogP contribution in [-0.4, -0.2) is 25.3 Å². The molecule has 4 heterocycles. The van der Waals surface area contributed by atoms with Gasteiger partial charge in [-0.05, 0) is 34.7 Å².